The number of rotatable bonds is 2. The van der Waals surface area contributed by atoms with E-state index in [2.05, 4.69) is 11.3 Å². The second-order valence-corrected chi connectivity index (χ2v) is 0.948. The largest absolute Gasteiger partial charge is 0.510 e. The molecular formula is C5H6O3. The van der Waals surface area contributed by atoms with Crippen LogP contribution >= 0.6 is 0 Å². The Morgan fingerprint density at radius 1 is 1.75 bits per heavy atom. The van der Waals surface area contributed by atoms with Crippen molar-refractivity contribution in [2.24, 2.45) is 0 Å². The molecule has 0 aliphatic rings. The summed E-state index contributed by atoms with van der Waals surface area (Å²) in [6, 6.07) is 0. The quantitative estimate of drug-likeness (QED) is 0.335. The molecule has 0 bridgehead atoms. The number of carboxylic acid groups (broad SMARTS) is 1. The van der Waals surface area contributed by atoms with Crippen LogP contribution in [0, 0.1) is 0 Å². The van der Waals surface area contributed by atoms with Gasteiger partial charge in [0.2, 0.25) is 0 Å². The normalized spacial score (nSPS) is 9.00. The highest BCUT2D eigenvalue weighted by Crippen LogP contribution is 1.77. The lowest BCUT2D eigenvalue weighted by molar-refractivity contribution is 0.128. The third-order valence-corrected chi connectivity index (χ3v) is 0.384. The molecule has 0 heterocycles. The molecule has 0 aliphatic carbocycles. The average molecular weight is 114 g/mol. The Morgan fingerprint density at radius 3 is 2.75 bits per heavy atom. The molecule has 3 nitrogen and oxygen atoms in total. The van der Waals surface area contributed by atoms with Crippen LogP contribution in [0.15, 0.2) is 25.0 Å². The zero-order valence-corrected chi connectivity index (χ0v) is 4.20. The minimum Gasteiger partial charge on any atom is -0.449 e. The Kier molecular flexibility index (Phi) is 3.31. The van der Waals surface area contributed by atoms with Crippen LogP contribution in [0.25, 0.3) is 0 Å². The molecule has 1 N–H and O–H groups in total. The van der Waals surface area contributed by atoms with Crippen molar-refractivity contribution < 1.29 is 14.6 Å². The van der Waals surface area contributed by atoms with E-state index in [-0.39, 0.29) is 0 Å². The van der Waals surface area contributed by atoms with E-state index in [1.54, 1.807) is 0 Å². The zero-order valence-electron chi connectivity index (χ0n) is 4.20. The van der Waals surface area contributed by atoms with E-state index in [0.29, 0.717) is 0 Å². The molecular weight excluding hydrogens is 108 g/mol. The highest BCUT2D eigenvalue weighted by Gasteiger charge is 1.85. The number of hydrogen-bond acceptors (Lipinski definition) is 2. The molecule has 0 fully saturated rings. The molecule has 0 saturated carbocycles. The van der Waals surface area contributed by atoms with Gasteiger partial charge in [0.15, 0.2) is 0 Å². The van der Waals surface area contributed by atoms with Gasteiger partial charge in [-0.1, -0.05) is 12.7 Å². The summed E-state index contributed by atoms with van der Waals surface area (Å²) >= 11 is 0. The van der Waals surface area contributed by atoms with Crippen LogP contribution < -0.4 is 0 Å². The molecule has 3 heteroatoms. The molecule has 0 spiro atoms. The topological polar surface area (TPSA) is 46.5 Å². The highest BCUT2D eigenvalue weighted by atomic mass is 16.7. The Balaban J connectivity index is 3.29. The fraction of sp³-hybridized carbons (Fsp3) is 0. The summed E-state index contributed by atoms with van der Waals surface area (Å²) in [5.74, 6) is 0. The van der Waals surface area contributed by atoms with Crippen LogP contribution in [0.5, 0.6) is 0 Å². The molecule has 0 aromatic rings. The van der Waals surface area contributed by atoms with Crippen LogP contribution in [0.3, 0.4) is 0 Å². The molecule has 0 aromatic carbocycles. The fourth-order valence-corrected chi connectivity index (χ4v) is 0.153. The van der Waals surface area contributed by atoms with Crippen molar-refractivity contribution in [2.45, 2.75) is 0 Å². The van der Waals surface area contributed by atoms with Crippen LogP contribution in [-0.2, 0) is 4.74 Å². The van der Waals surface area contributed by atoms with Gasteiger partial charge in [-0.05, 0) is 6.08 Å². The van der Waals surface area contributed by atoms with E-state index in [9.17, 15) is 4.79 Å². The maximum absolute atomic E-state index is 9.57. The summed E-state index contributed by atoms with van der Waals surface area (Å²) in [5, 5.41) is 7.83. The van der Waals surface area contributed by atoms with E-state index >= 15 is 0 Å². The van der Waals surface area contributed by atoms with Gasteiger partial charge >= 0.3 is 6.16 Å². The van der Waals surface area contributed by atoms with Gasteiger partial charge in [0.25, 0.3) is 0 Å². The maximum atomic E-state index is 9.57. The predicted octanol–water partition coefficient (Wildman–Crippen LogP) is 1.38. The van der Waals surface area contributed by atoms with Crippen LogP contribution in [0.1, 0.15) is 0 Å². The first kappa shape index (κ1) is 6.75. The Bertz CT molecular complexity index is 115. The van der Waals surface area contributed by atoms with Gasteiger partial charge in [0.1, 0.15) is 0 Å². The van der Waals surface area contributed by atoms with E-state index in [1.807, 2.05) is 0 Å². The molecule has 44 valence electrons. The molecule has 0 saturated heterocycles. The highest BCUT2D eigenvalue weighted by molar-refractivity contribution is 5.57. The van der Waals surface area contributed by atoms with E-state index in [0.717, 1.165) is 6.26 Å². The molecule has 0 aromatic heterocycles. The van der Waals surface area contributed by atoms with E-state index < -0.39 is 6.16 Å². The summed E-state index contributed by atoms with van der Waals surface area (Å²) in [6.07, 6.45) is 2.52. The minimum absolute atomic E-state index is 1.04. The lowest BCUT2D eigenvalue weighted by atomic mass is 10.6. The SMILES string of the molecule is C=CC=COC(=O)O. The van der Waals surface area contributed by atoms with Crippen molar-refractivity contribution in [3.8, 4) is 0 Å². The Morgan fingerprint density at radius 2 is 2.38 bits per heavy atom. The van der Waals surface area contributed by atoms with Crippen molar-refractivity contribution in [1.82, 2.24) is 0 Å². The zero-order chi connectivity index (χ0) is 6.41. The van der Waals surface area contributed by atoms with Crippen molar-refractivity contribution in [2.75, 3.05) is 0 Å². The lowest BCUT2D eigenvalue weighted by Gasteiger charge is -1.83. The lowest BCUT2D eigenvalue weighted by Crippen LogP contribution is -1.90. The smallest absolute Gasteiger partial charge is 0.449 e. The van der Waals surface area contributed by atoms with E-state index in [4.69, 9.17) is 5.11 Å². The van der Waals surface area contributed by atoms with Crippen LogP contribution in [0.4, 0.5) is 4.79 Å². The molecule has 8 heavy (non-hydrogen) atoms. The molecule has 0 amide bonds. The van der Waals surface area contributed by atoms with Crippen LogP contribution in [-0.4, -0.2) is 11.3 Å². The van der Waals surface area contributed by atoms with Crippen molar-refractivity contribution in [1.29, 1.82) is 0 Å². The number of hydrogen-bond donors (Lipinski definition) is 1. The minimum atomic E-state index is -1.32. The Labute approximate surface area is 46.9 Å². The summed E-state index contributed by atoms with van der Waals surface area (Å²) in [5.41, 5.74) is 0. The Hall–Kier alpha value is -1.25. The third-order valence-electron chi connectivity index (χ3n) is 0.384. The second kappa shape index (κ2) is 3.92. The summed E-state index contributed by atoms with van der Waals surface area (Å²) in [4.78, 5) is 9.57. The van der Waals surface area contributed by atoms with Gasteiger partial charge < -0.3 is 9.84 Å². The van der Waals surface area contributed by atoms with Gasteiger partial charge in [0, 0.05) is 0 Å². The second-order valence-electron chi connectivity index (χ2n) is 0.948. The summed E-state index contributed by atoms with van der Waals surface area (Å²) in [6.45, 7) is 3.30. The molecule has 0 rings (SSSR count). The van der Waals surface area contributed by atoms with Gasteiger partial charge in [-0.2, -0.15) is 0 Å². The molecule has 0 atom stereocenters. The van der Waals surface area contributed by atoms with Gasteiger partial charge in [-0.25, -0.2) is 4.79 Å². The first-order chi connectivity index (χ1) is 3.77. The first-order valence-corrected chi connectivity index (χ1v) is 1.94. The van der Waals surface area contributed by atoms with E-state index in [1.165, 1.54) is 12.2 Å². The number of ether oxygens (including phenoxy) is 1. The maximum Gasteiger partial charge on any atom is 0.510 e. The monoisotopic (exact) mass is 114 g/mol. The van der Waals surface area contributed by atoms with Crippen molar-refractivity contribution in [3.05, 3.63) is 25.0 Å². The average Bonchev–Trinajstić information content (AvgIpc) is 1.66. The van der Waals surface area contributed by atoms with Gasteiger partial charge in [-0.3, -0.25) is 0 Å². The van der Waals surface area contributed by atoms with Gasteiger partial charge in [-0.15, -0.1) is 0 Å². The summed E-state index contributed by atoms with van der Waals surface area (Å²) in [7, 11) is 0. The number of allylic oxidation sites excluding steroid dienone is 2. The molecule has 0 aliphatic heterocycles. The fourth-order valence-electron chi connectivity index (χ4n) is 0.153. The predicted molar refractivity (Wildman–Crippen MR) is 28.4 cm³/mol. The molecule has 0 unspecified atom stereocenters. The first-order valence-electron chi connectivity index (χ1n) is 1.94. The van der Waals surface area contributed by atoms with Crippen LogP contribution in [0.2, 0.25) is 0 Å². The summed E-state index contributed by atoms with van der Waals surface area (Å²) < 4.78 is 3.95. The van der Waals surface area contributed by atoms with Gasteiger partial charge in [0.05, 0.1) is 6.26 Å². The van der Waals surface area contributed by atoms with Crippen molar-refractivity contribution >= 4 is 6.16 Å². The standard InChI is InChI=1S/C5H6O3/c1-2-3-4-8-5(6)7/h2-4H,1H2,(H,6,7). The third kappa shape index (κ3) is 4.75. The molecule has 0 radical (unpaired) electrons. The van der Waals surface area contributed by atoms with Crippen molar-refractivity contribution in [3.63, 3.8) is 0 Å². The number of carbonyl (C=O) groups is 1.